The van der Waals surface area contributed by atoms with Crippen molar-refractivity contribution in [3.8, 4) is 11.5 Å². The first-order valence-corrected chi connectivity index (χ1v) is 7.00. The highest BCUT2D eigenvalue weighted by atomic mass is 35.5. The van der Waals surface area contributed by atoms with E-state index in [2.05, 4.69) is 4.99 Å². The molecule has 0 saturated heterocycles. The van der Waals surface area contributed by atoms with Gasteiger partial charge in [-0.05, 0) is 17.7 Å². The average molecular weight is 323 g/mol. The molecule has 1 aromatic rings. The van der Waals surface area contributed by atoms with Crippen molar-refractivity contribution < 1.29 is 9.47 Å². The van der Waals surface area contributed by atoms with Crippen molar-refractivity contribution >= 4 is 40.9 Å². The average Bonchev–Trinajstić information content (AvgIpc) is 2.61. The fourth-order valence-corrected chi connectivity index (χ4v) is 2.49. The van der Waals surface area contributed by atoms with Gasteiger partial charge in [0, 0.05) is 19.2 Å². The van der Waals surface area contributed by atoms with Crippen LogP contribution in [-0.4, -0.2) is 25.4 Å². The van der Waals surface area contributed by atoms with Gasteiger partial charge in [-0.3, -0.25) is 4.99 Å². The summed E-state index contributed by atoms with van der Waals surface area (Å²) in [6.07, 6.45) is 0.866. The molecule has 19 heavy (non-hydrogen) atoms. The zero-order valence-corrected chi connectivity index (χ0v) is 12.9. The zero-order chi connectivity index (χ0) is 13.0. The number of hydrogen-bond acceptors (Lipinski definition) is 4. The Kier molecular flexibility index (Phi) is 6.62. The highest BCUT2D eigenvalue weighted by Gasteiger charge is 2.15. The summed E-state index contributed by atoms with van der Waals surface area (Å²) >= 11 is 7.66. The third-order valence-corrected chi connectivity index (χ3v) is 3.71. The normalized spacial score (nSPS) is 14.5. The summed E-state index contributed by atoms with van der Waals surface area (Å²) in [5.74, 6) is 2.06. The Balaban J connectivity index is 0.00000180. The molecule has 0 saturated carbocycles. The Bertz CT molecular complexity index is 469. The fraction of sp³-hybridized carbons (Fsp3) is 0.417. The molecule has 0 fully saturated rings. The van der Waals surface area contributed by atoms with E-state index >= 15 is 0 Å². The first kappa shape index (κ1) is 16.3. The number of ether oxygens (including phenoxy) is 2. The van der Waals surface area contributed by atoms with Crippen LogP contribution in [0, 0.1) is 0 Å². The SMILES string of the molecule is CN=C(N)SCc1cc(Cl)c2c(c1)OCCCO2.Cl. The summed E-state index contributed by atoms with van der Waals surface area (Å²) in [5, 5.41) is 1.13. The summed E-state index contributed by atoms with van der Waals surface area (Å²) in [6, 6.07) is 3.83. The van der Waals surface area contributed by atoms with Crippen molar-refractivity contribution in [2.75, 3.05) is 20.3 Å². The molecule has 2 N–H and O–H groups in total. The lowest BCUT2D eigenvalue weighted by molar-refractivity contribution is 0.297. The number of halogens is 2. The quantitative estimate of drug-likeness (QED) is 0.671. The maximum Gasteiger partial charge on any atom is 0.179 e. The number of nitrogens with two attached hydrogens (primary N) is 1. The zero-order valence-electron chi connectivity index (χ0n) is 10.5. The van der Waals surface area contributed by atoms with Gasteiger partial charge in [-0.2, -0.15) is 0 Å². The molecule has 0 bridgehead atoms. The van der Waals surface area contributed by atoms with Crippen molar-refractivity contribution in [2.24, 2.45) is 10.7 Å². The number of hydrogen-bond donors (Lipinski definition) is 1. The predicted molar refractivity (Wildman–Crippen MR) is 83.1 cm³/mol. The molecule has 0 radical (unpaired) electrons. The van der Waals surface area contributed by atoms with Crippen molar-refractivity contribution in [2.45, 2.75) is 12.2 Å². The second-order valence-electron chi connectivity index (χ2n) is 3.81. The lowest BCUT2D eigenvalue weighted by atomic mass is 10.2. The Morgan fingerprint density at radius 3 is 2.89 bits per heavy atom. The first-order chi connectivity index (χ1) is 8.70. The molecule has 0 unspecified atom stereocenters. The molecule has 0 aliphatic carbocycles. The summed E-state index contributed by atoms with van der Waals surface area (Å²) in [7, 11) is 1.67. The molecule has 106 valence electrons. The summed E-state index contributed by atoms with van der Waals surface area (Å²) < 4.78 is 11.2. The van der Waals surface area contributed by atoms with E-state index in [-0.39, 0.29) is 12.4 Å². The van der Waals surface area contributed by atoms with Crippen molar-refractivity contribution in [1.29, 1.82) is 0 Å². The van der Waals surface area contributed by atoms with Gasteiger partial charge in [0.1, 0.15) is 0 Å². The van der Waals surface area contributed by atoms with Crippen molar-refractivity contribution in [3.05, 3.63) is 22.7 Å². The van der Waals surface area contributed by atoms with Gasteiger partial charge >= 0.3 is 0 Å². The van der Waals surface area contributed by atoms with Gasteiger partial charge in [0.05, 0.1) is 18.2 Å². The number of thioether (sulfide) groups is 1. The summed E-state index contributed by atoms with van der Waals surface area (Å²) in [6.45, 7) is 1.29. The van der Waals surface area contributed by atoms with Crippen LogP contribution in [0.4, 0.5) is 0 Å². The second kappa shape index (κ2) is 7.72. The van der Waals surface area contributed by atoms with E-state index in [4.69, 9.17) is 26.8 Å². The summed E-state index contributed by atoms with van der Waals surface area (Å²) in [5.41, 5.74) is 6.69. The Hall–Kier alpha value is -0.780. The van der Waals surface area contributed by atoms with Gasteiger partial charge in [-0.15, -0.1) is 12.4 Å². The van der Waals surface area contributed by atoms with Gasteiger partial charge in [0.25, 0.3) is 0 Å². The number of rotatable bonds is 2. The van der Waals surface area contributed by atoms with E-state index < -0.39 is 0 Å². The number of amidine groups is 1. The van der Waals surface area contributed by atoms with Crippen LogP contribution in [0.25, 0.3) is 0 Å². The minimum atomic E-state index is 0. The third kappa shape index (κ3) is 4.37. The molecule has 0 aromatic heterocycles. The third-order valence-electron chi connectivity index (χ3n) is 2.47. The second-order valence-corrected chi connectivity index (χ2v) is 5.21. The van der Waals surface area contributed by atoms with E-state index in [1.165, 1.54) is 11.8 Å². The molecular weight excluding hydrogens is 307 g/mol. The smallest absolute Gasteiger partial charge is 0.179 e. The minimum absolute atomic E-state index is 0. The van der Waals surface area contributed by atoms with Crippen LogP contribution in [0.2, 0.25) is 5.02 Å². The molecule has 0 atom stereocenters. The standard InChI is InChI=1S/C12H15ClN2O2S.ClH/c1-15-12(14)18-7-8-5-9(13)11-10(6-8)16-3-2-4-17-11;/h5-6H,2-4,7H2,1H3,(H2,14,15);1H. The molecule has 1 heterocycles. The molecule has 2 rings (SSSR count). The maximum atomic E-state index is 6.19. The number of nitrogens with zero attached hydrogens (tertiary/aromatic N) is 1. The number of fused-ring (bicyclic) bond motifs is 1. The molecule has 0 spiro atoms. The lowest BCUT2D eigenvalue weighted by Gasteiger charge is -2.11. The van der Waals surface area contributed by atoms with Gasteiger partial charge in [-0.25, -0.2) is 0 Å². The van der Waals surface area contributed by atoms with Crippen LogP contribution in [-0.2, 0) is 5.75 Å². The van der Waals surface area contributed by atoms with Crippen LogP contribution in [0.1, 0.15) is 12.0 Å². The number of aliphatic imine (C=N–C) groups is 1. The van der Waals surface area contributed by atoms with Crippen LogP contribution in [0.5, 0.6) is 11.5 Å². The monoisotopic (exact) mass is 322 g/mol. The van der Waals surface area contributed by atoms with Gasteiger partial charge < -0.3 is 15.2 Å². The van der Waals surface area contributed by atoms with Crippen LogP contribution in [0.3, 0.4) is 0 Å². The van der Waals surface area contributed by atoms with Crippen molar-refractivity contribution in [3.63, 3.8) is 0 Å². The van der Waals surface area contributed by atoms with E-state index in [1.54, 1.807) is 7.05 Å². The topological polar surface area (TPSA) is 56.8 Å². The molecular formula is C12H16Cl2N2O2S. The summed E-state index contributed by atoms with van der Waals surface area (Å²) in [4.78, 5) is 3.90. The molecule has 1 aliphatic heterocycles. The van der Waals surface area contributed by atoms with Gasteiger partial charge in [-0.1, -0.05) is 23.4 Å². The Labute approximate surface area is 128 Å². The number of benzene rings is 1. The maximum absolute atomic E-state index is 6.19. The van der Waals surface area contributed by atoms with Crippen LogP contribution >= 0.6 is 35.8 Å². The highest BCUT2D eigenvalue weighted by molar-refractivity contribution is 8.13. The minimum Gasteiger partial charge on any atom is -0.489 e. The molecule has 4 nitrogen and oxygen atoms in total. The molecule has 0 amide bonds. The highest BCUT2D eigenvalue weighted by Crippen LogP contribution is 2.38. The van der Waals surface area contributed by atoms with Crippen LogP contribution < -0.4 is 15.2 Å². The van der Waals surface area contributed by atoms with Crippen molar-refractivity contribution in [1.82, 2.24) is 0 Å². The van der Waals surface area contributed by atoms with E-state index in [0.717, 1.165) is 12.0 Å². The van der Waals surface area contributed by atoms with E-state index in [9.17, 15) is 0 Å². The Morgan fingerprint density at radius 1 is 1.42 bits per heavy atom. The fourth-order valence-electron chi connectivity index (χ4n) is 1.59. The van der Waals surface area contributed by atoms with E-state index in [0.29, 0.717) is 40.7 Å². The molecule has 7 heteroatoms. The first-order valence-electron chi connectivity index (χ1n) is 5.64. The molecule has 1 aromatic carbocycles. The predicted octanol–water partition coefficient (Wildman–Crippen LogP) is 3.10. The lowest BCUT2D eigenvalue weighted by Crippen LogP contribution is -2.06. The van der Waals surface area contributed by atoms with Gasteiger partial charge in [0.15, 0.2) is 16.7 Å². The van der Waals surface area contributed by atoms with E-state index in [1.807, 2.05) is 12.1 Å². The molecule has 1 aliphatic rings. The largest absolute Gasteiger partial charge is 0.489 e. The van der Waals surface area contributed by atoms with Crippen LogP contribution in [0.15, 0.2) is 17.1 Å². The van der Waals surface area contributed by atoms with Gasteiger partial charge in [0.2, 0.25) is 0 Å². The Morgan fingerprint density at radius 2 is 2.16 bits per heavy atom.